The van der Waals surface area contributed by atoms with Crippen molar-refractivity contribution < 1.29 is 8.42 Å². The Hall–Kier alpha value is -0.870. The van der Waals surface area contributed by atoms with Gasteiger partial charge in [0.1, 0.15) is 0 Å². The Morgan fingerprint density at radius 3 is 2.05 bits per heavy atom. The van der Waals surface area contributed by atoms with Gasteiger partial charge in [-0.05, 0) is 41.7 Å². The molecule has 1 aromatic rings. The molecule has 3 nitrogen and oxygen atoms in total. The van der Waals surface area contributed by atoms with Crippen molar-refractivity contribution >= 4 is 10.0 Å². The first kappa shape index (κ1) is 16.5. The van der Waals surface area contributed by atoms with Crippen molar-refractivity contribution in [2.75, 3.05) is 19.3 Å². The van der Waals surface area contributed by atoms with Crippen molar-refractivity contribution in [2.24, 2.45) is 5.92 Å². The number of hydrogen-bond acceptors (Lipinski definition) is 2. The summed E-state index contributed by atoms with van der Waals surface area (Å²) in [6.45, 7) is 8.02. The van der Waals surface area contributed by atoms with Crippen LogP contribution in [-0.4, -0.2) is 32.1 Å². The van der Waals surface area contributed by atoms with Gasteiger partial charge in [-0.25, -0.2) is 12.7 Å². The summed E-state index contributed by atoms with van der Waals surface area (Å²) in [5.74, 6) is 0.600. The van der Waals surface area contributed by atoms with Crippen LogP contribution in [0.4, 0.5) is 0 Å². The highest BCUT2D eigenvalue weighted by atomic mass is 32.2. The summed E-state index contributed by atoms with van der Waals surface area (Å²) in [5, 5.41) is 0. The summed E-state index contributed by atoms with van der Waals surface area (Å²) in [6, 6.07) is 8.90. The Morgan fingerprint density at radius 1 is 1.10 bits per heavy atom. The van der Waals surface area contributed by atoms with Crippen molar-refractivity contribution in [3.05, 3.63) is 35.4 Å². The summed E-state index contributed by atoms with van der Waals surface area (Å²) < 4.78 is 24.6. The predicted octanol–water partition coefficient (Wildman–Crippen LogP) is 3.20. The van der Waals surface area contributed by atoms with E-state index < -0.39 is 10.0 Å². The molecule has 0 aromatic heterocycles. The molecule has 1 aliphatic heterocycles. The normalized spacial score (nSPS) is 18.9. The fourth-order valence-electron chi connectivity index (χ4n) is 2.92. The van der Waals surface area contributed by atoms with Gasteiger partial charge in [-0.15, -0.1) is 0 Å². The maximum absolute atomic E-state index is 11.5. The number of benzene rings is 1. The molecule has 0 radical (unpaired) electrons. The second-order valence-electron chi connectivity index (χ2n) is 7.26. The molecule has 1 aromatic carbocycles. The van der Waals surface area contributed by atoms with Crippen LogP contribution in [0.5, 0.6) is 0 Å². The molecule has 0 spiro atoms. The lowest BCUT2D eigenvalue weighted by molar-refractivity contribution is 0.274. The Kier molecular flexibility index (Phi) is 4.79. The van der Waals surface area contributed by atoms with Crippen molar-refractivity contribution in [3.63, 3.8) is 0 Å². The van der Waals surface area contributed by atoms with Gasteiger partial charge in [0.2, 0.25) is 10.0 Å². The van der Waals surface area contributed by atoms with Gasteiger partial charge < -0.3 is 0 Å². The summed E-state index contributed by atoms with van der Waals surface area (Å²) >= 11 is 0. The van der Waals surface area contributed by atoms with Gasteiger partial charge in [0.05, 0.1) is 6.26 Å². The molecule has 1 fully saturated rings. The van der Waals surface area contributed by atoms with E-state index >= 15 is 0 Å². The van der Waals surface area contributed by atoms with E-state index in [0.717, 1.165) is 19.3 Å². The molecule has 21 heavy (non-hydrogen) atoms. The summed E-state index contributed by atoms with van der Waals surface area (Å²) in [6.07, 6.45) is 4.29. The van der Waals surface area contributed by atoms with E-state index in [4.69, 9.17) is 0 Å². The Labute approximate surface area is 129 Å². The van der Waals surface area contributed by atoms with E-state index in [9.17, 15) is 8.42 Å². The molecule has 1 heterocycles. The molecule has 1 aliphatic rings. The van der Waals surface area contributed by atoms with Gasteiger partial charge in [0.15, 0.2) is 0 Å². The lowest BCUT2D eigenvalue weighted by Gasteiger charge is -2.30. The van der Waals surface area contributed by atoms with Gasteiger partial charge in [-0.2, -0.15) is 0 Å². The molecule has 1 saturated heterocycles. The molecule has 2 rings (SSSR count). The number of rotatable bonds is 3. The number of hydrogen-bond donors (Lipinski definition) is 0. The van der Waals surface area contributed by atoms with E-state index in [1.807, 2.05) is 0 Å². The van der Waals surface area contributed by atoms with Gasteiger partial charge in [-0.3, -0.25) is 0 Å². The lowest BCUT2D eigenvalue weighted by atomic mass is 9.85. The molecule has 0 amide bonds. The van der Waals surface area contributed by atoms with E-state index in [2.05, 4.69) is 45.0 Å². The average molecular weight is 309 g/mol. The molecule has 0 saturated carbocycles. The van der Waals surface area contributed by atoms with Crippen LogP contribution >= 0.6 is 0 Å². The highest BCUT2D eigenvalue weighted by molar-refractivity contribution is 7.88. The summed E-state index contributed by atoms with van der Waals surface area (Å²) in [7, 11) is -3.01. The average Bonchev–Trinajstić information content (AvgIpc) is 2.38. The zero-order valence-electron chi connectivity index (χ0n) is 13.6. The standard InChI is InChI=1S/C17H27NO2S/c1-17(2,3)16-7-5-14(6-8-16)13-15-9-11-18(12-10-15)21(4,19)20/h5-8,15H,9-13H2,1-4H3. The molecule has 0 N–H and O–H groups in total. The van der Waals surface area contributed by atoms with Crippen LogP contribution in [0.2, 0.25) is 0 Å². The highest BCUT2D eigenvalue weighted by Gasteiger charge is 2.25. The molecule has 0 unspecified atom stereocenters. The first-order valence-electron chi connectivity index (χ1n) is 7.71. The van der Waals surface area contributed by atoms with Crippen LogP contribution in [0.25, 0.3) is 0 Å². The van der Waals surface area contributed by atoms with Crippen LogP contribution < -0.4 is 0 Å². The zero-order valence-corrected chi connectivity index (χ0v) is 14.4. The quantitative estimate of drug-likeness (QED) is 0.860. The van der Waals surface area contributed by atoms with Crippen molar-refractivity contribution in [2.45, 2.75) is 45.4 Å². The molecule has 118 valence electrons. The first-order valence-corrected chi connectivity index (χ1v) is 9.55. The van der Waals surface area contributed by atoms with Crippen LogP contribution in [0, 0.1) is 5.92 Å². The van der Waals surface area contributed by atoms with Gasteiger partial charge in [-0.1, -0.05) is 45.0 Å². The van der Waals surface area contributed by atoms with Crippen molar-refractivity contribution in [1.29, 1.82) is 0 Å². The molecule has 0 aliphatic carbocycles. The molecule has 0 bridgehead atoms. The van der Waals surface area contributed by atoms with Gasteiger partial charge in [0.25, 0.3) is 0 Å². The minimum absolute atomic E-state index is 0.194. The fraction of sp³-hybridized carbons (Fsp3) is 0.647. The highest BCUT2D eigenvalue weighted by Crippen LogP contribution is 2.26. The zero-order chi connectivity index (χ0) is 15.7. The minimum atomic E-state index is -3.01. The van der Waals surface area contributed by atoms with E-state index in [1.54, 1.807) is 4.31 Å². The fourth-order valence-corrected chi connectivity index (χ4v) is 3.79. The van der Waals surface area contributed by atoms with Gasteiger partial charge in [0, 0.05) is 13.1 Å². The molecular weight excluding hydrogens is 282 g/mol. The van der Waals surface area contributed by atoms with Crippen molar-refractivity contribution in [3.8, 4) is 0 Å². The van der Waals surface area contributed by atoms with Crippen LogP contribution in [0.15, 0.2) is 24.3 Å². The first-order chi connectivity index (χ1) is 9.66. The molecule has 4 heteroatoms. The lowest BCUT2D eigenvalue weighted by Crippen LogP contribution is -2.38. The van der Waals surface area contributed by atoms with Crippen LogP contribution in [0.1, 0.15) is 44.7 Å². The minimum Gasteiger partial charge on any atom is -0.213 e. The monoisotopic (exact) mass is 309 g/mol. The third-order valence-electron chi connectivity index (χ3n) is 4.39. The van der Waals surface area contributed by atoms with Crippen molar-refractivity contribution in [1.82, 2.24) is 4.31 Å². The van der Waals surface area contributed by atoms with E-state index in [1.165, 1.54) is 17.4 Å². The largest absolute Gasteiger partial charge is 0.213 e. The second-order valence-corrected chi connectivity index (χ2v) is 9.24. The Bertz CT molecular complexity index is 562. The Balaban J connectivity index is 1.92. The molecule has 0 atom stereocenters. The summed E-state index contributed by atoms with van der Waals surface area (Å²) in [5.41, 5.74) is 2.92. The summed E-state index contributed by atoms with van der Waals surface area (Å²) in [4.78, 5) is 0. The maximum atomic E-state index is 11.5. The smallest absolute Gasteiger partial charge is 0.211 e. The number of piperidine rings is 1. The van der Waals surface area contributed by atoms with E-state index in [-0.39, 0.29) is 5.41 Å². The molecular formula is C17H27NO2S. The van der Waals surface area contributed by atoms with Crippen LogP contribution in [0.3, 0.4) is 0 Å². The predicted molar refractivity (Wildman–Crippen MR) is 88.0 cm³/mol. The SMILES string of the molecule is CC(C)(C)c1ccc(CC2CCN(S(C)(=O)=O)CC2)cc1. The number of nitrogens with zero attached hydrogens (tertiary/aromatic N) is 1. The topological polar surface area (TPSA) is 37.4 Å². The number of sulfonamides is 1. The van der Waals surface area contributed by atoms with E-state index in [0.29, 0.717) is 19.0 Å². The van der Waals surface area contributed by atoms with Gasteiger partial charge >= 0.3 is 0 Å². The maximum Gasteiger partial charge on any atom is 0.211 e. The third kappa shape index (κ3) is 4.55. The third-order valence-corrected chi connectivity index (χ3v) is 5.69. The Morgan fingerprint density at radius 2 is 1.62 bits per heavy atom. The van der Waals surface area contributed by atoms with Crippen LogP contribution in [-0.2, 0) is 21.9 Å². The second kappa shape index (κ2) is 6.09.